The molecular weight excluding hydrogens is 1230 g/mol. The molecule has 7 nitrogen and oxygen atoms in total. The molecule has 0 aromatic heterocycles. The van der Waals surface area contributed by atoms with Crippen LogP contribution in [0.5, 0.6) is 0 Å². The molecular formula is C83H127F2O7PSi2. The average molecular weight is 1360 g/mol. The molecule has 9 rings (SSSR count). The number of alkyl halides is 2. The normalized spacial score (nSPS) is 28.1. The minimum Gasteiger partial charge on any atom is -0.413 e. The van der Waals surface area contributed by atoms with Crippen LogP contribution in [0.3, 0.4) is 0 Å². The van der Waals surface area contributed by atoms with Gasteiger partial charge in [-0.15, -0.1) is 0 Å². The van der Waals surface area contributed by atoms with Crippen molar-refractivity contribution >= 4 is 40.2 Å². The van der Waals surface area contributed by atoms with Crippen LogP contribution in [0.25, 0.3) is 0 Å². The van der Waals surface area contributed by atoms with Gasteiger partial charge < -0.3 is 28.4 Å². The van der Waals surface area contributed by atoms with E-state index in [0.29, 0.717) is 60.1 Å². The van der Waals surface area contributed by atoms with E-state index in [1.807, 2.05) is 92.7 Å². The maximum Gasteiger partial charge on any atom is 0.192 e. The van der Waals surface area contributed by atoms with Crippen molar-refractivity contribution in [3.05, 3.63) is 168 Å². The van der Waals surface area contributed by atoms with E-state index >= 15 is 0 Å². The maximum atomic E-state index is 14.9. The van der Waals surface area contributed by atoms with Gasteiger partial charge in [-0.3, -0.25) is 4.79 Å². The number of fused-ring (bicyclic) bond motifs is 2. The van der Waals surface area contributed by atoms with Gasteiger partial charge in [0.15, 0.2) is 16.6 Å². The van der Waals surface area contributed by atoms with Gasteiger partial charge in [-0.25, -0.2) is 8.78 Å². The summed E-state index contributed by atoms with van der Waals surface area (Å²) in [4.78, 5) is 12.3. The number of aliphatic hydroxyl groups excluding tert-OH is 1. The molecule has 0 bridgehead atoms. The second-order valence-corrected chi connectivity index (χ2v) is 43.9. The van der Waals surface area contributed by atoms with Crippen molar-refractivity contribution in [2.24, 2.45) is 34.5 Å². The van der Waals surface area contributed by atoms with E-state index in [0.717, 1.165) is 106 Å². The third kappa shape index (κ3) is 21.1. The lowest BCUT2D eigenvalue weighted by molar-refractivity contribution is -0.128. The minimum atomic E-state index is -2.90. The molecule has 1 aliphatic heterocycles. The van der Waals surface area contributed by atoms with Gasteiger partial charge in [0.05, 0.1) is 23.4 Å². The Morgan fingerprint density at radius 1 is 0.705 bits per heavy atom. The standard InChI is InChI=1S/C29H43FO2.C27H36FO2PSi.C23H40O2Si.C4H8O/c1-6-29(32,7-2)17-8-10-20(3)25-14-15-26-22(11-9-16-28(25,26)5)12-13-23-18-24(31)19-27(30)21(23)4;1-21-22(19-23(20-26(21)28)30-32(5,6)27(2,3)4)17-18-31(29,24-13-9-7-10-14-24)25-15-11-8-12-16-25;1-8-23(9-2,25-26(5,6)7)17-10-12-18(3)19-14-15-20-21(24)13-11-16-22(19,20)4;1-2-4-5-3-1/h8,12-14,17,20,24,26-27,31-32H,4,6-7,9-11,15-16,18-19H2,1-3,5H3;7-17,23,26H,1,18-20H2,2-6H3;10,14,17-18,20H,8-9,11-13,15-16H2,1-7H3;1-4H2/b17-8+,22-12+,23-13-;22-17-;17-10+;/t20-,24+,26?,27-,28+;23-,26+;18-,20?,22+;/m010./s1. The lowest BCUT2D eigenvalue weighted by Gasteiger charge is -2.42. The van der Waals surface area contributed by atoms with Crippen LogP contribution in [0.1, 0.15) is 205 Å². The number of ketones is 1. The van der Waals surface area contributed by atoms with Crippen molar-refractivity contribution < 1.29 is 41.9 Å². The summed E-state index contributed by atoms with van der Waals surface area (Å²) < 4.78 is 61.4. The quantitative estimate of drug-likeness (QED) is 0.0729. The molecule has 1 saturated heterocycles. The monoisotopic (exact) mass is 1360 g/mol. The number of carbonyl (C=O) groups is 1. The lowest BCUT2D eigenvalue weighted by atomic mass is 9.62. The van der Waals surface area contributed by atoms with Crippen molar-refractivity contribution in [2.45, 2.75) is 278 Å². The fraction of sp³-hybridized carbons (Fsp3) is 0.627. The number of aliphatic hydroxyl groups is 2. The molecule has 2 aromatic carbocycles. The molecule has 6 aliphatic carbocycles. The van der Waals surface area contributed by atoms with Crippen molar-refractivity contribution in [1.82, 2.24) is 0 Å². The van der Waals surface area contributed by atoms with Crippen molar-refractivity contribution in [2.75, 3.05) is 19.4 Å². The summed E-state index contributed by atoms with van der Waals surface area (Å²) in [6, 6.07) is 19.2. The topological polar surface area (TPSA) is 102 Å². The van der Waals surface area contributed by atoms with E-state index in [-0.39, 0.29) is 39.9 Å². The first-order chi connectivity index (χ1) is 44.6. The lowest BCUT2D eigenvalue weighted by Crippen LogP contribution is -2.45. The highest BCUT2D eigenvalue weighted by molar-refractivity contribution is 7.78. The fourth-order valence-corrected chi connectivity index (χ4v) is 21.2. The predicted molar refractivity (Wildman–Crippen MR) is 404 cm³/mol. The van der Waals surface area contributed by atoms with E-state index in [2.05, 4.69) is 145 Å². The summed E-state index contributed by atoms with van der Waals surface area (Å²) in [6.45, 7) is 45.7. The van der Waals surface area contributed by atoms with Crippen LogP contribution in [0.2, 0.25) is 37.8 Å². The summed E-state index contributed by atoms with van der Waals surface area (Å²) in [7, 11) is -6.49. The number of allylic oxidation sites excluding steroid dienone is 12. The Balaban J connectivity index is 0.000000218. The van der Waals surface area contributed by atoms with Gasteiger partial charge >= 0.3 is 0 Å². The second kappa shape index (κ2) is 34.9. The van der Waals surface area contributed by atoms with Gasteiger partial charge in [-0.2, -0.15) is 0 Å². The van der Waals surface area contributed by atoms with Gasteiger partial charge in [0.25, 0.3) is 0 Å². The molecule has 0 amide bonds. The zero-order chi connectivity index (χ0) is 70.2. The largest absolute Gasteiger partial charge is 0.413 e. The fourth-order valence-electron chi connectivity index (χ4n) is 15.7. The van der Waals surface area contributed by atoms with Crippen molar-refractivity contribution in [3.63, 3.8) is 0 Å². The highest BCUT2D eigenvalue weighted by atomic mass is 31.2. The summed E-state index contributed by atoms with van der Waals surface area (Å²) in [5.74, 6) is 2.20. The number of hydrogen-bond donors (Lipinski definition) is 2. The Morgan fingerprint density at radius 3 is 1.72 bits per heavy atom. The van der Waals surface area contributed by atoms with Crippen LogP contribution in [-0.2, 0) is 22.9 Å². The van der Waals surface area contributed by atoms with Crippen LogP contribution < -0.4 is 10.6 Å². The van der Waals surface area contributed by atoms with E-state index in [4.69, 9.17) is 13.6 Å². The Hall–Kier alpha value is -3.91. The van der Waals surface area contributed by atoms with E-state index < -0.39 is 47.8 Å². The van der Waals surface area contributed by atoms with E-state index in [1.54, 1.807) is 5.57 Å². The average Bonchev–Trinajstić information content (AvgIpc) is 1.66. The van der Waals surface area contributed by atoms with Crippen LogP contribution in [-0.4, -0.2) is 87.8 Å². The number of hydrogen-bond acceptors (Lipinski definition) is 7. The number of halogens is 2. The number of benzene rings is 2. The maximum absolute atomic E-state index is 14.9. The SMILES string of the molecule is C1CCOC1.C=C1/C(=C\C=C2/CCC[C@]3(C)C([C@@H](C)C/C=C/C(O)(CC)CC)=CCC23)C[C@@H](O)C[C@@H]1F.C=C1/C(=C\CP(=O)(c2ccccc2)c2ccccc2)C[C@@H](O[Si](C)(C)C(C)(C)C)C[C@@H]1F.CCC(/C=C/C[C@H](C)C1=CCC2C(=O)CCC[C@]12C)(CC)O[Si](C)(C)C. The zero-order valence-corrected chi connectivity index (χ0v) is 64.8. The van der Waals surface area contributed by atoms with Crippen molar-refractivity contribution in [3.8, 4) is 0 Å². The molecule has 2 aromatic rings. The van der Waals surface area contributed by atoms with Crippen LogP contribution >= 0.6 is 7.14 Å². The molecule has 528 valence electrons. The van der Waals surface area contributed by atoms with Crippen LogP contribution in [0.4, 0.5) is 8.78 Å². The van der Waals surface area contributed by atoms with E-state index in [1.165, 1.54) is 43.3 Å². The predicted octanol–water partition coefficient (Wildman–Crippen LogP) is 21.6. The Bertz CT molecular complexity index is 3060. The molecule has 95 heavy (non-hydrogen) atoms. The molecule has 2 N–H and O–H groups in total. The second-order valence-electron chi connectivity index (χ2n) is 31.9. The first-order valence-electron chi connectivity index (χ1n) is 36.7. The third-order valence-electron chi connectivity index (χ3n) is 22.9. The highest BCUT2D eigenvalue weighted by Gasteiger charge is 2.49. The van der Waals surface area contributed by atoms with Crippen molar-refractivity contribution in [1.29, 1.82) is 0 Å². The first kappa shape index (κ1) is 80.1. The van der Waals surface area contributed by atoms with Gasteiger partial charge in [0, 0.05) is 55.2 Å². The molecule has 2 unspecified atom stereocenters. The molecule has 0 spiro atoms. The smallest absolute Gasteiger partial charge is 0.192 e. The molecule has 0 radical (unpaired) electrons. The summed E-state index contributed by atoms with van der Waals surface area (Å²) >= 11 is 0. The van der Waals surface area contributed by atoms with Gasteiger partial charge in [-0.05, 0) is 198 Å². The molecule has 12 heteroatoms. The highest BCUT2D eigenvalue weighted by Crippen LogP contribution is 2.58. The van der Waals surface area contributed by atoms with Crippen LogP contribution in [0, 0.1) is 34.5 Å². The summed E-state index contributed by atoms with van der Waals surface area (Å²) in [5.41, 5.74) is 6.80. The molecule has 10 atom stereocenters. The van der Waals surface area contributed by atoms with E-state index in [9.17, 15) is 28.4 Å². The Labute approximate surface area is 578 Å². The minimum absolute atomic E-state index is 0.0630. The molecule has 5 fully saturated rings. The Morgan fingerprint density at radius 2 is 1.21 bits per heavy atom. The van der Waals surface area contributed by atoms with Crippen LogP contribution in [0.15, 0.2) is 168 Å². The van der Waals surface area contributed by atoms with Gasteiger partial charge in [0.1, 0.15) is 25.3 Å². The summed E-state index contributed by atoms with van der Waals surface area (Å²) in [5, 5.41) is 22.2. The number of Topliss-reactive ketones (excluding diaryl/α,β-unsaturated/α-hetero) is 1. The Kier molecular flexibility index (Phi) is 29.4. The zero-order valence-electron chi connectivity index (χ0n) is 61.9. The number of carbonyl (C=O) groups excluding carboxylic acids is 1. The summed E-state index contributed by atoms with van der Waals surface area (Å²) in [6.07, 6.45) is 35.4. The van der Waals surface area contributed by atoms with Gasteiger partial charge in [-0.1, -0.05) is 221 Å². The molecule has 1 heterocycles. The number of ether oxygens (including phenoxy) is 1. The molecule has 7 aliphatic rings. The third-order valence-corrected chi connectivity index (χ3v) is 31.4. The number of rotatable bonds is 21. The van der Waals surface area contributed by atoms with Gasteiger partial charge in [0.2, 0.25) is 0 Å². The first-order valence-corrected chi connectivity index (χ1v) is 45.0. The molecule has 4 saturated carbocycles.